The Labute approximate surface area is 197 Å². The number of hydrogen-bond acceptors (Lipinski definition) is 7. The molecule has 1 aliphatic heterocycles. The van der Waals surface area contributed by atoms with Crippen LogP contribution in [0.15, 0.2) is 48.5 Å². The molecule has 1 atom stereocenters. The highest BCUT2D eigenvalue weighted by atomic mass is 16.5. The van der Waals surface area contributed by atoms with Gasteiger partial charge in [-0.2, -0.15) is 0 Å². The molecular weight excluding hydrogens is 438 g/mol. The molecule has 10 nitrogen and oxygen atoms in total. The SMILES string of the molecule is NCC(NC(=O)c1ccc(C#Cc2ccc(NC(=O)CN3CCOCC3)cc2)cc1)C(=O)NO. The largest absolute Gasteiger partial charge is 0.379 e. The zero-order valence-corrected chi connectivity index (χ0v) is 18.5. The Kier molecular flexibility index (Phi) is 9.13. The van der Waals surface area contributed by atoms with E-state index >= 15 is 0 Å². The number of nitrogens with one attached hydrogen (secondary N) is 3. The van der Waals surface area contributed by atoms with Crippen LogP contribution < -0.4 is 21.8 Å². The average Bonchev–Trinajstić information content (AvgIpc) is 2.87. The van der Waals surface area contributed by atoms with Crippen molar-refractivity contribution in [2.24, 2.45) is 5.73 Å². The molecule has 178 valence electrons. The van der Waals surface area contributed by atoms with E-state index in [2.05, 4.69) is 27.4 Å². The number of ether oxygens (including phenoxy) is 1. The number of amides is 3. The number of hydrogen-bond donors (Lipinski definition) is 5. The van der Waals surface area contributed by atoms with Gasteiger partial charge >= 0.3 is 0 Å². The molecule has 1 aliphatic rings. The van der Waals surface area contributed by atoms with Crippen molar-refractivity contribution in [1.82, 2.24) is 15.7 Å². The summed E-state index contributed by atoms with van der Waals surface area (Å²) >= 11 is 0. The van der Waals surface area contributed by atoms with E-state index < -0.39 is 17.9 Å². The highest BCUT2D eigenvalue weighted by Crippen LogP contribution is 2.10. The van der Waals surface area contributed by atoms with Crippen molar-refractivity contribution in [1.29, 1.82) is 0 Å². The molecule has 0 spiro atoms. The Bertz CT molecular complexity index is 1050. The van der Waals surface area contributed by atoms with Gasteiger partial charge in [-0.3, -0.25) is 24.5 Å². The Morgan fingerprint density at radius 2 is 1.59 bits per heavy atom. The number of nitrogens with two attached hydrogens (primary N) is 1. The molecule has 0 bridgehead atoms. The van der Waals surface area contributed by atoms with Gasteiger partial charge in [0, 0.05) is 42.0 Å². The van der Waals surface area contributed by atoms with E-state index in [4.69, 9.17) is 15.7 Å². The quantitative estimate of drug-likeness (QED) is 0.218. The van der Waals surface area contributed by atoms with Crippen molar-refractivity contribution in [2.45, 2.75) is 6.04 Å². The van der Waals surface area contributed by atoms with Gasteiger partial charge in [-0.1, -0.05) is 11.8 Å². The third kappa shape index (κ3) is 7.40. The van der Waals surface area contributed by atoms with Crippen LogP contribution in [0, 0.1) is 11.8 Å². The van der Waals surface area contributed by atoms with E-state index in [9.17, 15) is 14.4 Å². The molecule has 0 radical (unpaired) electrons. The summed E-state index contributed by atoms with van der Waals surface area (Å²) in [6.07, 6.45) is 0. The molecule has 1 heterocycles. The summed E-state index contributed by atoms with van der Waals surface area (Å²) < 4.78 is 5.28. The number of nitrogens with zero attached hydrogens (tertiary/aromatic N) is 1. The zero-order chi connectivity index (χ0) is 24.3. The highest BCUT2D eigenvalue weighted by molar-refractivity contribution is 5.97. The Morgan fingerprint density at radius 3 is 2.15 bits per heavy atom. The van der Waals surface area contributed by atoms with E-state index in [0.717, 1.165) is 18.7 Å². The minimum Gasteiger partial charge on any atom is -0.379 e. The van der Waals surface area contributed by atoms with Crippen molar-refractivity contribution < 1.29 is 24.3 Å². The maximum Gasteiger partial charge on any atom is 0.267 e. The maximum absolute atomic E-state index is 12.2. The van der Waals surface area contributed by atoms with Gasteiger partial charge in [0.15, 0.2) is 0 Å². The molecule has 2 aromatic rings. The van der Waals surface area contributed by atoms with Crippen LogP contribution in [0.25, 0.3) is 0 Å². The second-order valence-electron chi connectivity index (χ2n) is 7.58. The van der Waals surface area contributed by atoms with Gasteiger partial charge in [-0.05, 0) is 48.5 Å². The lowest BCUT2D eigenvalue weighted by molar-refractivity contribution is -0.130. The molecule has 0 aliphatic carbocycles. The molecule has 10 heteroatoms. The van der Waals surface area contributed by atoms with Crippen LogP contribution in [0.1, 0.15) is 21.5 Å². The van der Waals surface area contributed by atoms with Crippen molar-refractivity contribution in [2.75, 3.05) is 44.7 Å². The highest BCUT2D eigenvalue weighted by Gasteiger charge is 2.19. The van der Waals surface area contributed by atoms with Gasteiger partial charge in [0.1, 0.15) is 6.04 Å². The average molecular weight is 466 g/mol. The molecule has 3 amide bonds. The molecule has 2 aromatic carbocycles. The van der Waals surface area contributed by atoms with Crippen LogP contribution in [0.5, 0.6) is 0 Å². The van der Waals surface area contributed by atoms with E-state index in [-0.39, 0.29) is 12.5 Å². The fraction of sp³-hybridized carbons (Fsp3) is 0.292. The van der Waals surface area contributed by atoms with Gasteiger partial charge in [-0.15, -0.1) is 0 Å². The summed E-state index contributed by atoms with van der Waals surface area (Å²) in [4.78, 5) is 37.9. The van der Waals surface area contributed by atoms with Crippen LogP contribution in [0.3, 0.4) is 0 Å². The normalized spacial score (nSPS) is 14.3. The van der Waals surface area contributed by atoms with Gasteiger partial charge in [0.25, 0.3) is 11.8 Å². The van der Waals surface area contributed by atoms with E-state index in [1.54, 1.807) is 36.4 Å². The summed E-state index contributed by atoms with van der Waals surface area (Å²) in [5.74, 6) is 4.70. The third-order valence-corrected chi connectivity index (χ3v) is 5.11. The van der Waals surface area contributed by atoms with Crippen molar-refractivity contribution in [3.63, 3.8) is 0 Å². The molecule has 34 heavy (non-hydrogen) atoms. The molecule has 1 fully saturated rings. The molecule has 3 rings (SSSR count). The number of morpholine rings is 1. The first-order chi connectivity index (χ1) is 16.5. The number of carbonyl (C=O) groups excluding carboxylic acids is 3. The summed E-state index contributed by atoms with van der Waals surface area (Å²) in [5, 5.41) is 14.0. The standard InChI is InChI=1S/C24H27N5O5/c25-15-21(24(32)28-33)27-23(31)19-7-3-17(4-8-19)1-2-18-5-9-20(10-6-18)26-22(30)16-29-11-13-34-14-12-29/h3-10,21,33H,11-16,25H2,(H,26,30)(H,27,31)(H,28,32). The summed E-state index contributed by atoms with van der Waals surface area (Å²) in [6.45, 7) is 2.98. The Hall–Kier alpha value is -3.75. The van der Waals surface area contributed by atoms with E-state index in [0.29, 0.717) is 36.6 Å². The molecule has 0 aromatic heterocycles. The molecule has 6 N–H and O–H groups in total. The minimum atomic E-state index is -1.04. The van der Waals surface area contributed by atoms with Gasteiger partial charge in [-0.25, -0.2) is 5.48 Å². The van der Waals surface area contributed by atoms with Gasteiger partial charge in [0.05, 0.1) is 19.8 Å². The summed E-state index contributed by atoms with van der Waals surface area (Å²) in [6, 6.07) is 12.7. The molecule has 0 saturated carbocycles. The number of benzene rings is 2. The smallest absolute Gasteiger partial charge is 0.267 e. The third-order valence-electron chi connectivity index (χ3n) is 5.11. The van der Waals surface area contributed by atoms with Crippen LogP contribution in [0.2, 0.25) is 0 Å². The lowest BCUT2D eigenvalue weighted by Gasteiger charge is -2.25. The fourth-order valence-corrected chi connectivity index (χ4v) is 3.20. The Morgan fingerprint density at radius 1 is 1.00 bits per heavy atom. The van der Waals surface area contributed by atoms with E-state index in [1.165, 1.54) is 5.48 Å². The van der Waals surface area contributed by atoms with Crippen LogP contribution >= 0.6 is 0 Å². The van der Waals surface area contributed by atoms with Crippen molar-refractivity contribution >= 4 is 23.4 Å². The first-order valence-electron chi connectivity index (χ1n) is 10.8. The number of carbonyl (C=O) groups is 3. The van der Waals surface area contributed by atoms with Crippen LogP contribution in [-0.4, -0.2) is 73.3 Å². The van der Waals surface area contributed by atoms with Crippen molar-refractivity contribution in [3.05, 3.63) is 65.2 Å². The van der Waals surface area contributed by atoms with Crippen LogP contribution in [0.4, 0.5) is 5.69 Å². The van der Waals surface area contributed by atoms with Gasteiger partial charge < -0.3 is 21.1 Å². The Balaban J connectivity index is 1.53. The summed E-state index contributed by atoms with van der Waals surface area (Å²) in [5.41, 5.74) is 9.39. The summed E-state index contributed by atoms with van der Waals surface area (Å²) in [7, 11) is 0. The lowest BCUT2D eigenvalue weighted by Crippen LogP contribution is -2.50. The zero-order valence-electron chi connectivity index (χ0n) is 18.5. The number of anilines is 1. The van der Waals surface area contributed by atoms with Crippen LogP contribution in [-0.2, 0) is 14.3 Å². The first kappa shape index (κ1) is 24.9. The maximum atomic E-state index is 12.2. The predicted octanol–water partition coefficient (Wildman–Crippen LogP) is -0.0804. The number of rotatable bonds is 7. The predicted molar refractivity (Wildman–Crippen MR) is 125 cm³/mol. The second kappa shape index (κ2) is 12.5. The molecule has 1 saturated heterocycles. The monoisotopic (exact) mass is 465 g/mol. The second-order valence-corrected chi connectivity index (χ2v) is 7.58. The topological polar surface area (TPSA) is 146 Å². The number of hydroxylamine groups is 1. The minimum absolute atomic E-state index is 0.0698. The lowest BCUT2D eigenvalue weighted by atomic mass is 10.1. The molecular formula is C24H27N5O5. The fourth-order valence-electron chi connectivity index (χ4n) is 3.20. The van der Waals surface area contributed by atoms with Gasteiger partial charge in [0.2, 0.25) is 5.91 Å². The van der Waals surface area contributed by atoms with E-state index in [1.807, 2.05) is 12.1 Å². The first-order valence-corrected chi connectivity index (χ1v) is 10.8. The molecule has 1 unspecified atom stereocenters. The van der Waals surface area contributed by atoms with Crippen molar-refractivity contribution in [3.8, 4) is 11.8 Å².